The molecule has 1 fully saturated rings. The van der Waals surface area contributed by atoms with E-state index >= 15 is 0 Å². The highest BCUT2D eigenvalue weighted by molar-refractivity contribution is 6.04. The molecule has 37 heavy (non-hydrogen) atoms. The summed E-state index contributed by atoms with van der Waals surface area (Å²) in [5.74, 6) is 0.228. The molecule has 1 aliphatic heterocycles. The molecule has 3 heterocycles. The maximum Gasteiger partial charge on any atom is 0.249 e. The smallest absolute Gasteiger partial charge is 0.249 e. The molecule has 3 N–H and O–H groups in total. The number of carbonyl (C=O) groups excluding carboxylic acids is 2. The van der Waals surface area contributed by atoms with Crippen LogP contribution >= 0.6 is 0 Å². The van der Waals surface area contributed by atoms with Crippen LogP contribution in [0.25, 0.3) is 10.9 Å². The molecule has 2 aromatic heterocycles. The summed E-state index contributed by atoms with van der Waals surface area (Å²) >= 11 is 0. The first-order valence-corrected chi connectivity index (χ1v) is 12.7. The van der Waals surface area contributed by atoms with Crippen LogP contribution in [0.4, 0.5) is 17.3 Å². The van der Waals surface area contributed by atoms with Crippen LogP contribution in [0.3, 0.4) is 0 Å². The number of aryl methyl sites for hydroxylation is 2. The Balaban J connectivity index is 1.15. The van der Waals surface area contributed by atoms with Gasteiger partial charge in [0.25, 0.3) is 0 Å². The molecule has 1 aromatic carbocycles. The van der Waals surface area contributed by atoms with Crippen molar-refractivity contribution in [1.82, 2.24) is 25.2 Å². The van der Waals surface area contributed by atoms with E-state index in [9.17, 15) is 9.59 Å². The Morgan fingerprint density at radius 3 is 2.73 bits per heavy atom. The van der Waals surface area contributed by atoms with Crippen molar-refractivity contribution < 1.29 is 14.3 Å². The molecule has 5 rings (SSSR count). The number of ether oxygens (including phenoxy) is 1. The van der Waals surface area contributed by atoms with Crippen LogP contribution in [-0.2, 0) is 27.2 Å². The quantitative estimate of drug-likeness (QED) is 0.302. The zero-order valence-corrected chi connectivity index (χ0v) is 20.7. The van der Waals surface area contributed by atoms with Gasteiger partial charge in [0.05, 0.1) is 24.9 Å². The number of fused-ring (bicyclic) bond motifs is 2. The number of nitrogens with one attached hydrogen (secondary N) is 3. The van der Waals surface area contributed by atoms with Crippen molar-refractivity contribution in [3.8, 4) is 0 Å². The Morgan fingerprint density at radius 1 is 1.00 bits per heavy atom. The summed E-state index contributed by atoms with van der Waals surface area (Å²) in [5, 5.41) is 9.62. The first-order chi connectivity index (χ1) is 18.1. The number of aromatic nitrogens is 3. The van der Waals surface area contributed by atoms with Crippen LogP contribution in [0.1, 0.15) is 24.0 Å². The summed E-state index contributed by atoms with van der Waals surface area (Å²) in [4.78, 5) is 39.7. The monoisotopic (exact) mass is 501 g/mol. The van der Waals surface area contributed by atoms with E-state index in [4.69, 9.17) is 4.74 Å². The minimum atomic E-state index is -0.444. The van der Waals surface area contributed by atoms with Gasteiger partial charge in [-0.05, 0) is 61.6 Å². The summed E-state index contributed by atoms with van der Waals surface area (Å²) in [5.41, 5.74) is 4.39. The second-order valence-electron chi connectivity index (χ2n) is 9.19. The molecule has 192 valence electrons. The molecule has 2 aliphatic rings. The van der Waals surface area contributed by atoms with E-state index in [-0.39, 0.29) is 5.91 Å². The molecule has 1 saturated heterocycles. The summed E-state index contributed by atoms with van der Waals surface area (Å²) in [6.07, 6.45) is 9.77. The first-order valence-electron chi connectivity index (χ1n) is 12.7. The zero-order valence-electron chi connectivity index (χ0n) is 20.7. The topological polar surface area (TPSA) is 121 Å². The number of carbonyl (C=O) groups is 2. The van der Waals surface area contributed by atoms with Crippen LogP contribution in [0.15, 0.2) is 48.9 Å². The number of benzene rings is 1. The van der Waals surface area contributed by atoms with Gasteiger partial charge in [0.1, 0.15) is 18.0 Å². The molecule has 0 atom stereocenters. The third-order valence-corrected chi connectivity index (χ3v) is 6.57. The fraction of sp³-hybridized carbons (Fsp3) is 0.370. The fourth-order valence-electron chi connectivity index (χ4n) is 4.63. The van der Waals surface area contributed by atoms with Gasteiger partial charge in [0.2, 0.25) is 11.8 Å². The first kappa shape index (κ1) is 24.8. The van der Waals surface area contributed by atoms with E-state index < -0.39 is 5.91 Å². The van der Waals surface area contributed by atoms with E-state index in [0.717, 1.165) is 63.2 Å². The molecule has 2 amide bonds. The molecule has 0 spiro atoms. The van der Waals surface area contributed by atoms with Gasteiger partial charge in [-0.3, -0.25) is 14.5 Å². The van der Waals surface area contributed by atoms with Crippen LogP contribution in [0.5, 0.6) is 0 Å². The summed E-state index contributed by atoms with van der Waals surface area (Å²) in [6, 6.07) is 8.11. The molecule has 0 saturated carbocycles. The minimum Gasteiger partial charge on any atom is -0.379 e. The van der Waals surface area contributed by atoms with Crippen molar-refractivity contribution in [1.29, 1.82) is 0 Å². The van der Waals surface area contributed by atoms with Gasteiger partial charge in [-0.25, -0.2) is 15.0 Å². The Labute approximate surface area is 215 Å². The normalized spacial score (nSPS) is 15.6. The zero-order chi connectivity index (χ0) is 25.5. The lowest BCUT2D eigenvalue weighted by molar-refractivity contribution is -0.117. The molecular formula is C27H31N7O3. The maximum absolute atomic E-state index is 12.4. The van der Waals surface area contributed by atoms with E-state index in [1.807, 2.05) is 0 Å². The van der Waals surface area contributed by atoms with Gasteiger partial charge in [-0.2, -0.15) is 0 Å². The Kier molecular flexibility index (Phi) is 7.97. The molecule has 3 aromatic rings. The van der Waals surface area contributed by atoms with Crippen LogP contribution in [-0.4, -0.2) is 71.1 Å². The number of hydrogen-bond acceptors (Lipinski definition) is 8. The van der Waals surface area contributed by atoms with Gasteiger partial charge in [0.15, 0.2) is 0 Å². The fourth-order valence-corrected chi connectivity index (χ4v) is 4.63. The summed E-state index contributed by atoms with van der Waals surface area (Å²) in [6.45, 7) is 4.83. The number of morpholine rings is 1. The van der Waals surface area contributed by atoms with Crippen LogP contribution in [0, 0.1) is 0 Å². The van der Waals surface area contributed by atoms with Crippen molar-refractivity contribution in [3.05, 3.63) is 60.1 Å². The highest BCUT2D eigenvalue weighted by Gasteiger charge is 2.13. The third-order valence-electron chi connectivity index (χ3n) is 6.57. The molecule has 10 heteroatoms. The number of amides is 2. The summed E-state index contributed by atoms with van der Waals surface area (Å²) in [7, 11) is 0. The van der Waals surface area contributed by atoms with Crippen molar-refractivity contribution >= 4 is 40.0 Å². The number of hydrogen-bond donors (Lipinski definition) is 3. The number of nitrogens with zero attached hydrogens (tertiary/aromatic N) is 4. The third kappa shape index (κ3) is 6.66. The maximum atomic E-state index is 12.4. The SMILES string of the molecule is O=C(C=CC(=O)Nc1cc2c(Nc3ccc4c(c3)CCC4)ncnc2cn1)NCCCN1CCOCC1. The molecule has 1 aliphatic carbocycles. The van der Waals surface area contributed by atoms with E-state index in [2.05, 4.69) is 54.0 Å². The average molecular weight is 502 g/mol. The lowest BCUT2D eigenvalue weighted by atomic mass is 10.1. The average Bonchev–Trinajstić information content (AvgIpc) is 3.39. The highest BCUT2D eigenvalue weighted by atomic mass is 16.5. The van der Waals surface area contributed by atoms with Crippen molar-refractivity contribution in [2.45, 2.75) is 25.7 Å². The Bertz CT molecular complexity index is 1300. The van der Waals surface area contributed by atoms with Gasteiger partial charge in [-0.1, -0.05) is 6.07 Å². The number of pyridine rings is 1. The second kappa shape index (κ2) is 11.9. The van der Waals surface area contributed by atoms with Crippen molar-refractivity contribution in [3.63, 3.8) is 0 Å². The number of anilines is 3. The predicted molar refractivity (Wildman–Crippen MR) is 142 cm³/mol. The van der Waals surface area contributed by atoms with E-state index in [1.165, 1.54) is 36.0 Å². The largest absolute Gasteiger partial charge is 0.379 e. The van der Waals surface area contributed by atoms with Crippen molar-refractivity contribution in [2.75, 3.05) is 50.0 Å². The van der Waals surface area contributed by atoms with E-state index in [0.29, 0.717) is 23.7 Å². The number of rotatable bonds is 9. The van der Waals surface area contributed by atoms with Gasteiger partial charge in [-0.15, -0.1) is 0 Å². The van der Waals surface area contributed by atoms with Gasteiger partial charge < -0.3 is 20.7 Å². The molecule has 0 radical (unpaired) electrons. The standard InChI is InChI=1S/C27H31N7O3/c35-25(28-9-2-10-34-11-13-37-14-12-34)7-8-26(36)33-24-16-22-23(17-29-24)30-18-31-27(22)32-21-6-5-19-3-1-4-20(19)15-21/h5-8,15-18H,1-4,9-14H2,(H,28,35)(H,29,33,36)(H,30,31,32). The molecular weight excluding hydrogens is 470 g/mol. The van der Waals surface area contributed by atoms with Gasteiger partial charge >= 0.3 is 0 Å². The lowest BCUT2D eigenvalue weighted by Gasteiger charge is -2.26. The lowest BCUT2D eigenvalue weighted by Crippen LogP contribution is -2.38. The summed E-state index contributed by atoms with van der Waals surface area (Å²) < 4.78 is 5.33. The molecule has 0 bridgehead atoms. The molecule has 0 unspecified atom stereocenters. The predicted octanol–water partition coefficient (Wildman–Crippen LogP) is 2.59. The minimum absolute atomic E-state index is 0.308. The van der Waals surface area contributed by atoms with Crippen LogP contribution < -0.4 is 16.0 Å². The van der Waals surface area contributed by atoms with Crippen molar-refractivity contribution in [2.24, 2.45) is 0 Å². The van der Waals surface area contributed by atoms with E-state index in [1.54, 1.807) is 12.3 Å². The highest BCUT2D eigenvalue weighted by Crippen LogP contribution is 2.28. The van der Waals surface area contributed by atoms with Gasteiger partial charge in [0, 0.05) is 42.9 Å². The second-order valence-corrected chi connectivity index (χ2v) is 9.19. The Morgan fingerprint density at radius 2 is 1.84 bits per heavy atom. The molecule has 10 nitrogen and oxygen atoms in total. The van der Waals surface area contributed by atoms with Crippen LogP contribution in [0.2, 0.25) is 0 Å². The Hall–Kier alpha value is -3.89.